The van der Waals surface area contributed by atoms with Crippen LogP contribution in [0.25, 0.3) is 10.9 Å². The van der Waals surface area contributed by atoms with Gasteiger partial charge in [0.25, 0.3) is 0 Å². The number of rotatable bonds is 4. The first-order valence-corrected chi connectivity index (χ1v) is 10.5. The van der Waals surface area contributed by atoms with Gasteiger partial charge in [0.05, 0.1) is 17.7 Å². The molecule has 26 heavy (non-hydrogen) atoms. The molecule has 136 valence electrons. The Morgan fingerprint density at radius 2 is 2.04 bits per heavy atom. The quantitative estimate of drug-likeness (QED) is 0.678. The molecule has 0 amide bonds. The normalized spacial score (nSPS) is 28.8. The van der Waals surface area contributed by atoms with Crippen LogP contribution in [0, 0.1) is 0 Å². The summed E-state index contributed by atoms with van der Waals surface area (Å²) in [6.45, 7) is 1.60. The topological polar surface area (TPSA) is 41.3 Å². The molecule has 3 aromatic heterocycles. The minimum absolute atomic E-state index is 0.469. The maximum Gasteiger partial charge on any atom is 0.153 e. The van der Waals surface area contributed by atoms with E-state index in [1.165, 1.54) is 17.7 Å². The Kier molecular flexibility index (Phi) is 4.09. The zero-order valence-electron chi connectivity index (χ0n) is 14.5. The third kappa shape index (κ3) is 2.87. The van der Waals surface area contributed by atoms with Crippen molar-refractivity contribution in [3.8, 4) is 0 Å². The van der Waals surface area contributed by atoms with Crippen molar-refractivity contribution in [2.24, 2.45) is 0 Å². The minimum atomic E-state index is -0.678. The number of halogens is 1. The van der Waals surface area contributed by atoms with Crippen LogP contribution < -0.4 is 0 Å². The molecule has 2 bridgehead atoms. The van der Waals surface area contributed by atoms with Crippen molar-refractivity contribution in [3.63, 3.8) is 0 Å². The van der Waals surface area contributed by atoms with Gasteiger partial charge in [0.1, 0.15) is 0 Å². The van der Waals surface area contributed by atoms with E-state index in [4.69, 9.17) is 11.6 Å². The van der Waals surface area contributed by atoms with Crippen molar-refractivity contribution in [2.75, 3.05) is 0 Å². The first-order valence-electron chi connectivity index (χ1n) is 9.21. The first kappa shape index (κ1) is 16.8. The average Bonchev–Trinajstić information content (AvgIpc) is 3.31. The number of nitrogens with zero attached hydrogens (tertiary/aromatic N) is 3. The molecule has 5 heterocycles. The van der Waals surface area contributed by atoms with Gasteiger partial charge in [0.2, 0.25) is 0 Å². The molecule has 4 nitrogen and oxygen atoms in total. The van der Waals surface area contributed by atoms with Crippen LogP contribution in [0.2, 0.25) is 5.15 Å². The standard InChI is InChI=1S/C20H22ClN3OS/c21-19-18-14(5-7-22-19)6-8-23(18)13-20(25)10-15-3-4-16(11-20)24(15)12-17-2-1-9-26-17/h1-2,5-9,15-16,25H,3-4,10-13H2. The fraction of sp³-hybridized carbons (Fsp3) is 0.450. The summed E-state index contributed by atoms with van der Waals surface area (Å²) in [4.78, 5) is 8.24. The number of hydrogen-bond acceptors (Lipinski definition) is 4. The number of pyridine rings is 1. The van der Waals surface area contributed by atoms with Crippen LogP contribution in [0.5, 0.6) is 0 Å². The fourth-order valence-electron chi connectivity index (χ4n) is 4.94. The molecule has 2 aliphatic rings. The Balaban J connectivity index is 1.37. The van der Waals surface area contributed by atoms with E-state index in [-0.39, 0.29) is 0 Å². The number of hydrogen-bond donors (Lipinski definition) is 1. The molecule has 2 unspecified atom stereocenters. The van der Waals surface area contributed by atoms with Crippen LogP contribution in [0.4, 0.5) is 0 Å². The lowest BCUT2D eigenvalue weighted by Gasteiger charge is -2.44. The van der Waals surface area contributed by atoms with Gasteiger partial charge in [0, 0.05) is 41.3 Å². The van der Waals surface area contributed by atoms with Gasteiger partial charge in [-0.25, -0.2) is 4.98 Å². The van der Waals surface area contributed by atoms with Crippen molar-refractivity contribution >= 4 is 33.8 Å². The zero-order chi connectivity index (χ0) is 17.7. The summed E-state index contributed by atoms with van der Waals surface area (Å²) in [6, 6.07) is 9.29. The largest absolute Gasteiger partial charge is 0.388 e. The van der Waals surface area contributed by atoms with Gasteiger partial charge in [-0.15, -0.1) is 11.3 Å². The zero-order valence-corrected chi connectivity index (χ0v) is 16.1. The van der Waals surface area contributed by atoms with Crippen LogP contribution in [0.1, 0.15) is 30.6 Å². The predicted molar refractivity (Wildman–Crippen MR) is 106 cm³/mol. The summed E-state index contributed by atoms with van der Waals surface area (Å²) >= 11 is 8.14. The highest BCUT2D eigenvalue weighted by molar-refractivity contribution is 7.09. The summed E-state index contributed by atoms with van der Waals surface area (Å²) in [6.07, 6.45) is 7.78. The summed E-state index contributed by atoms with van der Waals surface area (Å²) in [5, 5.41) is 15.1. The van der Waals surface area contributed by atoms with Gasteiger partial charge in [-0.3, -0.25) is 4.90 Å². The number of thiophene rings is 1. The highest BCUT2D eigenvalue weighted by Crippen LogP contribution is 2.43. The Labute approximate surface area is 162 Å². The van der Waals surface area contributed by atoms with Crippen molar-refractivity contribution in [2.45, 2.75) is 56.5 Å². The molecule has 0 saturated carbocycles. The van der Waals surface area contributed by atoms with Crippen LogP contribution in [0.3, 0.4) is 0 Å². The van der Waals surface area contributed by atoms with Crippen molar-refractivity contribution in [3.05, 3.63) is 52.1 Å². The number of fused-ring (bicyclic) bond motifs is 3. The van der Waals surface area contributed by atoms with E-state index in [9.17, 15) is 5.11 Å². The van der Waals surface area contributed by atoms with E-state index in [0.29, 0.717) is 23.8 Å². The number of piperidine rings is 1. The molecule has 0 radical (unpaired) electrons. The molecular formula is C20H22ClN3OS. The SMILES string of the molecule is OC1(Cn2ccc3ccnc(Cl)c32)CC2CCC(C1)N2Cc1cccs1. The molecule has 2 aliphatic heterocycles. The summed E-state index contributed by atoms with van der Waals surface area (Å²) in [5.74, 6) is 0. The van der Waals surface area contributed by atoms with Crippen LogP contribution in [-0.4, -0.2) is 37.2 Å². The maximum absolute atomic E-state index is 11.4. The Morgan fingerprint density at radius 1 is 1.23 bits per heavy atom. The summed E-state index contributed by atoms with van der Waals surface area (Å²) in [5.41, 5.74) is 0.249. The van der Waals surface area contributed by atoms with Crippen LogP contribution in [0.15, 0.2) is 42.0 Å². The Hall–Kier alpha value is -1.40. The Bertz CT molecular complexity index is 908. The highest BCUT2D eigenvalue weighted by Gasteiger charge is 2.47. The first-order chi connectivity index (χ1) is 12.6. The molecule has 3 aromatic rings. The van der Waals surface area contributed by atoms with Crippen LogP contribution in [-0.2, 0) is 13.1 Å². The monoisotopic (exact) mass is 387 g/mol. The molecule has 2 atom stereocenters. The summed E-state index contributed by atoms with van der Waals surface area (Å²) in [7, 11) is 0. The van der Waals surface area contributed by atoms with Crippen molar-refractivity contribution < 1.29 is 5.11 Å². The predicted octanol–water partition coefficient (Wildman–Crippen LogP) is 4.31. The second-order valence-electron chi connectivity index (χ2n) is 7.75. The van der Waals surface area contributed by atoms with E-state index in [1.807, 2.05) is 29.7 Å². The molecule has 1 N–H and O–H groups in total. The molecule has 6 heteroatoms. The maximum atomic E-state index is 11.4. The second kappa shape index (κ2) is 6.34. The van der Waals surface area contributed by atoms with Crippen molar-refractivity contribution in [1.29, 1.82) is 0 Å². The molecular weight excluding hydrogens is 366 g/mol. The average molecular weight is 388 g/mol. The third-order valence-electron chi connectivity index (χ3n) is 6.02. The van der Waals surface area contributed by atoms with Gasteiger partial charge in [-0.1, -0.05) is 17.7 Å². The lowest BCUT2D eigenvalue weighted by Crippen LogP contribution is -2.52. The van der Waals surface area contributed by atoms with Gasteiger partial charge in [0.15, 0.2) is 5.15 Å². The van der Waals surface area contributed by atoms with E-state index in [0.717, 1.165) is 30.3 Å². The lowest BCUT2D eigenvalue weighted by atomic mass is 9.85. The summed E-state index contributed by atoms with van der Waals surface area (Å²) < 4.78 is 2.08. The van der Waals surface area contributed by atoms with Gasteiger partial charge >= 0.3 is 0 Å². The molecule has 0 aliphatic carbocycles. The third-order valence-corrected chi connectivity index (χ3v) is 7.16. The van der Waals surface area contributed by atoms with Gasteiger partial charge < -0.3 is 9.67 Å². The Morgan fingerprint density at radius 3 is 2.77 bits per heavy atom. The van der Waals surface area contributed by atoms with E-state index in [1.54, 1.807) is 6.20 Å². The second-order valence-corrected chi connectivity index (χ2v) is 9.14. The molecule has 2 fully saturated rings. The lowest BCUT2D eigenvalue weighted by molar-refractivity contribution is -0.0642. The van der Waals surface area contributed by atoms with Gasteiger partial charge in [-0.05, 0) is 49.3 Å². The number of aromatic nitrogens is 2. The molecule has 0 aromatic carbocycles. The van der Waals surface area contributed by atoms with Crippen LogP contribution >= 0.6 is 22.9 Å². The number of aliphatic hydroxyl groups is 1. The van der Waals surface area contributed by atoms with Gasteiger partial charge in [-0.2, -0.15) is 0 Å². The van der Waals surface area contributed by atoms with E-state index < -0.39 is 5.60 Å². The van der Waals surface area contributed by atoms with E-state index in [2.05, 4.69) is 32.0 Å². The molecule has 0 spiro atoms. The molecule has 5 rings (SSSR count). The van der Waals surface area contributed by atoms with E-state index >= 15 is 0 Å². The van der Waals surface area contributed by atoms with Crippen molar-refractivity contribution in [1.82, 2.24) is 14.5 Å². The highest BCUT2D eigenvalue weighted by atomic mass is 35.5. The fourth-order valence-corrected chi connectivity index (χ4v) is 5.92. The molecule has 2 saturated heterocycles. The minimum Gasteiger partial charge on any atom is -0.388 e. The smallest absolute Gasteiger partial charge is 0.153 e.